The van der Waals surface area contributed by atoms with Gasteiger partial charge in [0.1, 0.15) is 11.4 Å². The standard InChI is InChI=1S/C18H14F2N2O3/c1-22-17(23)15(11-5-3-4-6-14(11)25-2)16(18(22)24)21-10-7-8-12(19)13(20)9-10/h3-9,21H,1-2H3. The Bertz CT molecular complexity index is 909. The van der Waals surface area contributed by atoms with Crippen LogP contribution in [0.4, 0.5) is 14.5 Å². The molecule has 0 spiro atoms. The molecule has 25 heavy (non-hydrogen) atoms. The number of halogens is 2. The van der Waals surface area contributed by atoms with Crippen LogP contribution in [0.3, 0.4) is 0 Å². The quantitative estimate of drug-likeness (QED) is 0.867. The van der Waals surface area contributed by atoms with Crippen LogP contribution in [0.1, 0.15) is 5.56 Å². The number of carbonyl (C=O) groups is 2. The highest BCUT2D eigenvalue weighted by atomic mass is 19.2. The third-order valence-electron chi connectivity index (χ3n) is 3.85. The molecule has 0 bridgehead atoms. The molecule has 1 N–H and O–H groups in total. The van der Waals surface area contributed by atoms with Gasteiger partial charge in [-0.3, -0.25) is 14.5 Å². The lowest BCUT2D eigenvalue weighted by Gasteiger charge is -2.11. The van der Waals surface area contributed by atoms with E-state index < -0.39 is 23.4 Å². The van der Waals surface area contributed by atoms with Gasteiger partial charge in [-0.05, 0) is 18.2 Å². The zero-order chi connectivity index (χ0) is 18.1. The molecule has 0 radical (unpaired) electrons. The predicted octanol–water partition coefficient (Wildman–Crippen LogP) is 2.80. The fraction of sp³-hybridized carbons (Fsp3) is 0.111. The van der Waals surface area contributed by atoms with Crippen molar-refractivity contribution in [3.63, 3.8) is 0 Å². The van der Waals surface area contributed by atoms with E-state index in [4.69, 9.17) is 4.74 Å². The minimum atomic E-state index is -1.06. The van der Waals surface area contributed by atoms with Gasteiger partial charge in [0.2, 0.25) is 0 Å². The first-order valence-corrected chi connectivity index (χ1v) is 7.36. The third kappa shape index (κ3) is 2.84. The van der Waals surface area contributed by atoms with E-state index >= 15 is 0 Å². The normalized spacial score (nSPS) is 14.3. The van der Waals surface area contributed by atoms with Gasteiger partial charge in [0, 0.05) is 24.4 Å². The average molecular weight is 344 g/mol. The average Bonchev–Trinajstić information content (AvgIpc) is 2.82. The molecular weight excluding hydrogens is 330 g/mol. The van der Waals surface area contributed by atoms with Crippen LogP contribution in [0.2, 0.25) is 0 Å². The second-order valence-corrected chi connectivity index (χ2v) is 5.37. The van der Waals surface area contributed by atoms with E-state index in [9.17, 15) is 18.4 Å². The van der Waals surface area contributed by atoms with Gasteiger partial charge in [-0.15, -0.1) is 0 Å². The summed E-state index contributed by atoms with van der Waals surface area (Å²) in [5, 5.41) is 2.72. The molecule has 1 heterocycles. The zero-order valence-electron chi connectivity index (χ0n) is 13.5. The maximum atomic E-state index is 13.4. The molecule has 3 rings (SSSR count). The Morgan fingerprint density at radius 1 is 1.00 bits per heavy atom. The summed E-state index contributed by atoms with van der Waals surface area (Å²) in [5.74, 6) is -2.74. The summed E-state index contributed by atoms with van der Waals surface area (Å²) in [6.45, 7) is 0. The van der Waals surface area contributed by atoms with Gasteiger partial charge in [-0.1, -0.05) is 18.2 Å². The highest BCUT2D eigenvalue weighted by Gasteiger charge is 2.38. The number of methoxy groups -OCH3 is 1. The molecule has 128 valence electrons. The van der Waals surface area contributed by atoms with E-state index in [2.05, 4.69) is 5.32 Å². The number of benzene rings is 2. The predicted molar refractivity (Wildman–Crippen MR) is 87.7 cm³/mol. The number of ether oxygens (including phenoxy) is 1. The number of carbonyl (C=O) groups excluding carboxylic acids is 2. The zero-order valence-corrected chi connectivity index (χ0v) is 13.5. The number of likely N-dealkylation sites (N-methyl/N-ethyl adjacent to an activating group) is 1. The van der Waals surface area contributed by atoms with Crippen LogP contribution in [0, 0.1) is 11.6 Å². The number of hydrogen-bond donors (Lipinski definition) is 1. The van der Waals surface area contributed by atoms with Gasteiger partial charge < -0.3 is 10.1 Å². The van der Waals surface area contributed by atoms with Gasteiger partial charge in [-0.25, -0.2) is 8.78 Å². The molecule has 0 unspecified atom stereocenters. The van der Waals surface area contributed by atoms with Gasteiger partial charge in [0.15, 0.2) is 11.6 Å². The van der Waals surface area contributed by atoms with Crippen molar-refractivity contribution in [1.82, 2.24) is 4.90 Å². The van der Waals surface area contributed by atoms with Crippen molar-refractivity contribution >= 4 is 23.1 Å². The molecule has 7 heteroatoms. The van der Waals surface area contributed by atoms with Crippen LogP contribution in [-0.4, -0.2) is 30.9 Å². The summed E-state index contributed by atoms with van der Waals surface area (Å²) >= 11 is 0. The van der Waals surface area contributed by atoms with Gasteiger partial charge in [0.05, 0.1) is 12.7 Å². The fourth-order valence-corrected chi connectivity index (χ4v) is 2.58. The first kappa shape index (κ1) is 16.6. The number of rotatable bonds is 4. The van der Waals surface area contributed by atoms with Crippen molar-refractivity contribution < 1.29 is 23.1 Å². The van der Waals surface area contributed by atoms with Gasteiger partial charge >= 0.3 is 0 Å². The number of anilines is 1. The maximum absolute atomic E-state index is 13.4. The Labute approximate surface area is 142 Å². The van der Waals surface area contributed by atoms with Crippen molar-refractivity contribution in [2.24, 2.45) is 0 Å². The molecule has 0 fully saturated rings. The summed E-state index contributed by atoms with van der Waals surface area (Å²) in [5.41, 5.74) is 0.660. The maximum Gasteiger partial charge on any atom is 0.277 e. The van der Waals surface area contributed by atoms with Crippen molar-refractivity contribution in [1.29, 1.82) is 0 Å². The monoisotopic (exact) mass is 344 g/mol. The number of imide groups is 1. The molecule has 2 aromatic carbocycles. The Balaban J connectivity index is 2.13. The summed E-state index contributed by atoms with van der Waals surface area (Å²) in [4.78, 5) is 25.9. The van der Waals surface area contributed by atoms with E-state index in [1.54, 1.807) is 24.3 Å². The van der Waals surface area contributed by atoms with Crippen LogP contribution in [0.15, 0.2) is 48.2 Å². The third-order valence-corrected chi connectivity index (χ3v) is 3.85. The molecule has 0 saturated carbocycles. The highest BCUT2D eigenvalue weighted by molar-refractivity contribution is 6.36. The number of nitrogens with zero attached hydrogens (tertiary/aromatic N) is 1. The summed E-state index contributed by atoms with van der Waals surface area (Å²) in [6, 6.07) is 9.87. The molecular formula is C18H14F2N2O3. The molecule has 2 aromatic rings. The number of hydrogen-bond acceptors (Lipinski definition) is 4. The lowest BCUT2D eigenvalue weighted by Crippen LogP contribution is -2.27. The summed E-state index contributed by atoms with van der Waals surface area (Å²) in [6.07, 6.45) is 0. The van der Waals surface area contributed by atoms with Gasteiger partial charge in [0.25, 0.3) is 11.8 Å². The van der Waals surface area contributed by atoms with E-state index in [1.165, 1.54) is 20.2 Å². The van der Waals surface area contributed by atoms with Crippen LogP contribution < -0.4 is 10.1 Å². The second-order valence-electron chi connectivity index (χ2n) is 5.37. The SMILES string of the molecule is COc1ccccc1C1=C(Nc2ccc(F)c(F)c2)C(=O)N(C)C1=O. The minimum absolute atomic E-state index is 0.0250. The van der Waals surface area contributed by atoms with E-state index in [0.29, 0.717) is 11.3 Å². The Hall–Kier alpha value is -3.22. The van der Waals surface area contributed by atoms with Crippen LogP contribution in [0.5, 0.6) is 5.75 Å². The van der Waals surface area contributed by atoms with Crippen molar-refractivity contribution in [3.05, 3.63) is 65.4 Å². The topological polar surface area (TPSA) is 58.6 Å². The number of amides is 2. The van der Waals surface area contributed by atoms with Gasteiger partial charge in [-0.2, -0.15) is 0 Å². The Morgan fingerprint density at radius 3 is 2.40 bits per heavy atom. The largest absolute Gasteiger partial charge is 0.496 e. The molecule has 2 amide bonds. The smallest absolute Gasteiger partial charge is 0.277 e. The Kier molecular flexibility index (Phi) is 4.22. The fourth-order valence-electron chi connectivity index (χ4n) is 2.58. The van der Waals surface area contributed by atoms with Crippen LogP contribution in [-0.2, 0) is 9.59 Å². The summed E-state index contributed by atoms with van der Waals surface area (Å²) < 4.78 is 31.8. The summed E-state index contributed by atoms with van der Waals surface area (Å²) in [7, 11) is 2.80. The number of para-hydroxylation sites is 1. The van der Waals surface area contributed by atoms with Crippen molar-refractivity contribution in [3.8, 4) is 5.75 Å². The molecule has 0 aliphatic carbocycles. The molecule has 1 aliphatic rings. The lowest BCUT2D eigenvalue weighted by atomic mass is 10.0. The number of nitrogens with one attached hydrogen (secondary N) is 1. The highest BCUT2D eigenvalue weighted by Crippen LogP contribution is 2.34. The van der Waals surface area contributed by atoms with Crippen molar-refractivity contribution in [2.75, 3.05) is 19.5 Å². The van der Waals surface area contributed by atoms with E-state index in [-0.39, 0.29) is 17.0 Å². The first-order chi connectivity index (χ1) is 11.9. The van der Waals surface area contributed by atoms with E-state index in [0.717, 1.165) is 17.0 Å². The molecule has 0 aromatic heterocycles. The Morgan fingerprint density at radius 2 is 1.72 bits per heavy atom. The molecule has 0 saturated heterocycles. The van der Waals surface area contributed by atoms with Crippen molar-refractivity contribution in [2.45, 2.75) is 0 Å². The van der Waals surface area contributed by atoms with Crippen LogP contribution in [0.25, 0.3) is 5.57 Å². The second kappa shape index (κ2) is 6.35. The first-order valence-electron chi connectivity index (χ1n) is 7.36. The molecule has 5 nitrogen and oxygen atoms in total. The lowest BCUT2D eigenvalue weighted by molar-refractivity contribution is -0.135. The van der Waals surface area contributed by atoms with E-state index in [1.807, 2.05) is 0 Å². The minimum Gasteiger partial charge on any atom is -0.496 e. The molecule has 1 aliphatic heterocycles. The molecule has 0 atom stereocenters. The van der Waals surface area contributed by atoms with Crippen LogP contribution >= 0.6 is 0 Å².